The number of hydrogen-bond acceptors (Lipinski definition) is 2. The van der Waals surface area contributed by atoms with Crippen molar-refractivity contribution in [1.82, 2.24) is 0 Å². The Kier molecular flexibility index (Phi) is 12.7. The molecule has 0 radical (unpaired) electrons. The number of carbonyl (C=O) groups is 1. The number of hydrogen-bond donors (Lipinski definition) is 0. The van der Waals surface area contributed by atoms with Crippen LogP contribution in [0.1, 0.15) is 22.8 Å². The summed E-state index contributed by atoms with van der Waals surface area (Å²) in [5.74, 6) is -71.3. The second-order valence-electron chi connectivity index (χ2n) is 13.4. The van der Waals surface area contributed by atoms with Gasteiger partial charge in [0.05, 0.1) is 0 Å². The maximum atomic E-state index is 15.4. The molecule has 64 heavy (non-hydrogen) atoms. The molecular weight excluding hydrogens is 933 g/mol. The molecule has 0 unspecified atom stereocenters. The summed E-state index contributed by atoms with van der Waals surface area (Å²) >= 11 is 1.75. The number of ketones is 1. The maximum absolute atomic E-state index is 15.4. The number of thiazole rings is 1. The third-order valence-electron chi connectivity index (χ3n) is 9.90. The van der Waals surface area contributed by atoms with E-state index in [-0.39, 0.29) is 5.78 Å². The highest BCUT2D eigenvalue weighted by Crippen LogP contribution is 2.31. The van der Waals surface area contributed by atoms with Gasteiger partial charge < -0.3 is 0 Å². The molecule has 0 saturated carbocycles. The van der Waals surface area contributed by atoms with Gasteiger partial charge in [0.25, 0.3) is 0 Å². The molecule has 334 valence electrons. The number of Topliss-reactive ketones (excluding diaryl/α,β-unsaturated/α-hetero) is 1. The molecule has 6 aromatic carbocycles. The fourth-order valence-corrected chi connectivity index (χ4v) is 7.90. The van der Waals surface area contributed by atoms with Gasteiger partial charge in [0, 0.05) is 17.2 Å². The second kappa shape index (κ2) is 17.3. The van der Waals surface area contributed by atoms with Crippen LogP contribution in [-0.2, 0) is 6.54 Å². The van der Waals surface area contributed by atoms with Crippen LogP contribution in [0, 0.1) is 116 Å². The minimum atomic E-state index is -7.22. The van der Waals surface area contributed by atoms with E-state index in [1.165, 1.54) is 15.8 Å². The summed E-state index contributed by atoms with van der Waals surface area (Å²) in [5, 5.41) is 0. The topological polar surface area (TPSA) is 20.9 Å². The lowest BCUT2D eigenvalue weighted by Crippen LogP contribution is -2.81. The molecule has 0 spiro atoms. The van der Waals surface area contributed by atoms with Gasteiger partial charge in [0.15, 0.2) is 82.1 Å². The van der Waals surface area contributed by atoms with Gasteiger partial charge in [-0.1, -0.05) is 47.7 Å². The van der Waals surface area contributed by atoms with E-state index >= 15 is 35.1 Å². The standard InChI is InChI=1S/C24BF20.C16H14NOS/c26-5-1(6(27)14(35)21(42)13(5)34)25(2-7(28)15(36)22(43)16(37)8(2)29,3-9(30)17(38)23(44)18(39)10(3)31)4-11(32)19(40)24(45)20(41)12(4)33;1-12(18)14-8-6-13(7-9-14)10-17-11-19-16-5-3-2-4-15(16)17/h;2-9,11H,10H2,1H3/q-1;+1. The van der Waals surface area contributed by atoms with Gasteiger partial charge in [0.1, 0.15) is 57.4 Å². The van der Waals surface area contributed by atoms with Gasteiger partial charge in [-0.3, -0.25) is 4.79 Å². The molecule has 0 atom stereocenters. The largest absolute Gasteiger partial charge is 0.295 e. The van der Waals surface area contributed by atoms with E-state index in [9.17, 15) is 57.5 Å². The van der Waals surface area contributed by atoms with Crippen molar-refractivity contribution in [1.29, 1.82) is 0 Å². The van der Waals surface area contributed by atoms with Crippen LogP contribution in [0.2, 0.25) is 0 Å². The van der Waals surface area contributed by atoms with Crippen LogP contribution in [0.15, 0.2) is 54.0 Å². The summed E-state index contributed by atoms with van der Waals surface area (Å²) < 4.78 is 297. The molecule has 0 aliphatic rings. The SMILES string of the molecule is CC(=O)c1ccc(C[n+]2csc3ccccc32)cc1.Fc1c(F)c(F)c([B-](c2c(F)c(F)c(F)c(F)c2F)(c2c(F)c(F)c(F)c(F)c2F)c2c(F)c(F)c(F)c(F)c2F)c(F)c1F. The van der Waals surface area contributed by atoms with E-state index in [1.807, 2.05) is 24.3 Å². The monoisotopic (exact) mass is 947 g/mol. The van der Waals surface area contributed by atoms with E-state index in [1.54, 1.807) is 18.3 Å². The highest BCUT2D eigenvalue weighted by molar-refractivity contribution is 7.20. The summed E-state index contributed by atoms with van der Waals surface area (Å²) in [7, 11) is 0. The summed E-state index contributed by atoms with van der Waals surface area (Å²) in [4.78, 5) is 11.2. The quantitative estimate of drug-likeness (QED) is 0.0390. The van der Waals surface area contributed by atoms with Crippen LogP contribution < -0.4 is 26.4 Å². The number of benzene rings is 6. The number of para-hydroxylation sites is 1. The van der Waals surface area contributed by atoms with Crippen molar-refractivity contribution < 1.29 is 97.2 Å². The predicted octanol–water partition coefficient (Wildman–Crippen LogP) is 9.29. The van der Waals surface area contributed by atoms with Crippen LogP contribution in [0.25, 0.3) is 10.2 Å². The lowest BCUT2D eigenvalue weighted by atomic mass is 9.12. The van der Waals surface area contributed by atoms with Crippen LogP contribution in [0.3, 0.4) is 0 Å². The smallest absolute Gasteiger partial charge is 0.226 e. The zero-order chi connectivity index (χ0) is 47.6. The fraction of sp³-hybridized carbons (Fsp3) is 0.0500. The Morgan fingerprint density at radius 3 is 1.00 bits per heavy atom. The molecule has 1 aromatic heterocycles. The molecule has 0 fully saturated rings. The number of nitrogens with zero attached hydrogens (tertiary/aromatic N) is 1. The van der Waals surface area contributed by atoms with Crippen molar-refractivity contribution in [2.24, 2.45) is 0 Å². The molecule has 0 aliphatic heterocycles. The van der Waals surface area contributed by atoms with E-state index in [4.69, 9.17) is 0 Å². The van der Waals surface area contributed by atoms with Crippen molar-refractivity contribution in [3.05, 3.63) is 182 Å². The fourth-order valence-electron chi connectivity index (χ4n) is 7.01. The molecular formula is C40H14BF20NOS. The first-order chi connectivity index (χ1) is 29.9. The maximum Gasteiger partial charge on any atom is 0.226 e. The summed E-state index contributed by atoms with van der Waals surface area (Å²) in [6.45, 7) is 2.43. The third kappa shape index (κ3) is 7.20. The van der Waals surface area contributed by atoms with Crippen LogP contribution in [0.4, 0.5) is 87.8 Å². The first-order valence-electron chi connectivity index (χ1n) is 17.1. The number of aromatic nitrogens is 1. The Hall–Kier alpha value is -6.46. The van der Waals surface area contributed by atoms with Gasteiger partial charge in [-0.25, -0.2) is 87.8 Å². The molecule has 2 nitrogen and oxygen atoms in total. The van der Waals surface area contributed by atoms with E-state index in [0.717, 1.165) is 12.1 Å². The van der Waals surface area contributed by atoms with Crippen LogP contribution in [-0.4, -0.2) is 11.9 Å². The zero-order valence-corrected chi connectivity index (χ0v) is 31.6. The third-order valence-corrected chi connectivity index (χ3v) is 10.9. The van der Waals surface area contributed by atoms with E-state index < -0.39 is 144 Å². The molecule has 24 heteroatoms. The van der Waals surface area contributed by atoms with E-state index in [2.05, 4.69) is 34.3 Å². The lowest BCUT2D eigenvalue weighted by molar-refractivity contribution is -0.658. The molecule has 7 rings (SSSR count). The van der Waals surface area contributed by atoms with Gasteiger partial charge in [-0.05, 0) is 13.0 Å². The average molecular weight is 947 g/mol. The van der Waals surface area contributed by atoms with Crippen molar-refractivity contribution in [2.45, 2.75) is 13.5 Å². The summed E-state index contributed by atoms with van der Waals surface area (Å²) in [6.07, 6.45) is -7.22. The van der Waals surface area contributed by atoms with Crippen molar-refractivity contribution in [3.63, 3.8) is 0 Å². The molecule has 1 heterocycles. The van der Waals surface area contributed by atoms with Crippen LogP contribution >= 0.6 is 11.3 Å². The predicted molar refractivity (Wildman–Crippen MR) is 187 cm³/mol. The summed E-state index contributed by atoms with van der Waals surface area (Å²) in [5.41, 5.74) is -8.96. The van der Waals surface area contributed by atoms with Crippen LogP contribution in [0.5, 0.6) is 0 Å². The molecule has 0 amide bonds. The van der Waals surface area contributed by atoms with Gasteiger partial charge >= 0.3 is 0 Å². The van der Waals surface area contributed by atoms with Gasteiger partial charge in [-0.15, -0.1) is 21.9 Å². The molecule has 0 aliphatic carbocycles. The molecule has 0 saturated heterocycles. The minimum Gasteiger partial charge on any atom is -0.295 e. The first kappa shape index (κ1) is 47.0. The average Bonchev–Trinajstić information content (AvgIpc) is 3.68. The molecule has 0 N–H and O–H groups in total. The zero-order valence-electron chi connectivity index (χ0n) is 30.8. The Morgan fingerprint density at radius 1 is 0.422 bits per heavy atom. The second-order valence-corrected chi connectivity index (χ2v) is 14.3. The highest BCUT2D eigenvalue weighted by Gasteiger charge is 2.52. The lowest BCUT2D eigenvalue weighted by Gasteiger charge is -2.44. The number of fused-ring (bicyclic) bond motifs is 1. The van der Waals surface area contributed by atoms with Gasteiger partial charge in [0.2, 0.25) is 11.0 Å². The highest BCUT2D eigenvalue weighted by atomic mass is 32.1. The van der Waals surface area contributed by atoms with Crippen molar-refractivity contribution in [3.8, 4) is 0 Å². The Morgan fingerprint density at radius 2 is 0.703 bits per heavy atom. The number of halogens is 20. The first-order valence-corrected chi connectivity index (χ1v) is 18.0. The molecule has 0 bridgehead atoms. The number of rotatable bonds is 7. The van der Waals surface area contributed by atoms with E-state index in [0.29, 0.717) is 0 Å². The summed E-state index contributed by atoms with van der Waals surface area (Å²) in [6, 6.07) is 16.2. The Labute approximate surface area is 347 Å². The Balaban J connectivity index is 0.000000295. The van der Waals surface area contributed by atoms with Crippen molar-refractivity contribution in [2.75, 3.05) is 0 Å². The molecule has 7 aromatic rings. The minimum absolute atomic E-state index is 0.111. The Bertz CT molecular complexity index is 2680. The number of carbonyl (C=O) groups excluding carboxylic acids is 1. The van der Waals surface area contributed by atoms with Crippen molar-refractivity contribution >= 4 is 55.3 Å². The normalized spacial score (nSPS) is 11.6. The van der Waals surface area contributed by atoms with Gasteiger partial charge in [-0.2, -0.15) is 4.57 Å².